The van der Waals surface area contributed by atoms with Crippen molar-refractivity contribution in [3.8, 4) is 6.07 Å². The molecule has 0 saturated heterocycles. The lowest BCUT2D eigenvalue weighted by Crippen LogP contribution is -1.80. The highest BCUT2D eigenvalue weighted by Crippen LogP contribution is 2.30. The molecule has 0 amide bonds. The average molecular weight is 266 g/mol. The molecule has 1 nitrogen and oxygen atoms in total. The Morgan fingerprint density at radius 1 is 1.43 bits per heavy atom. The predicted molar refractivity (Wildman–Crippen MR) is 63.9 cm³/mol. The number of halogens is 1. The monoisotopic (exact) mass is 265 g/mol. The largest absolute Gasteiger partial charge is 0.192 e. The van der Waals surface area contributed by atoms with Crippen LogP contribution < -0.4 is 0 Å². The van der Waals surface area contributed by atoms with Gasteiger partial charge in [-0.15, -0.1) is 11.3 Å². The second-order valence-corrected chi connectivity index (χ2v) is 4.97. The molecule has 0 aliphatic rings. The number of aryl methyl sites for hydroxylation is 1. The number of alkyl halides is 1. The average Bonchev–Trinajstić information content (AvgIpc) is 2.56. The zero-order valence-electron chi connectivity index (χ0n) is 7.67. The van der Waals surface area contributed by atoms with Gasteiger partial charge in [-0.2, -0.15) is 5.26 Å². The van der Waals surface area contributed by atoms with Gasteiger partial charge in [0.2, 0.25) is 0 Å². The van der Waals surface area contributed by atoms with Crippen LogP contribution in [-0.4, -0.2) is 0 Å². The summed E-state index contributed by atoms with van der Waals surface area (Å²) in [7, 11) is 0. The fraction of sp³-hybridized carbons (Fsp3) is 0.182. The van der Waals surface area contributed by atoms with Gasteiger partial charge in [0, 0.05) is 14.9 Å². The van der Waals surface area contributed by atoms with Crippen molar-refractivity contribution in [2.75, 3.05) is 0 Å². The fourth-order valence-electron chi connectivity index (χ4n) is 1.52. The summed E-state index contributed by atoms with van der Waals surface area (Å²) < 4.78 is 1.29. The number of thiophene rings is 1. The molecule has 0 spiro atoms. The van der Waals surface area contributed by atoms with E-state index in [0.717, 1.165) is 10.9 Å². The third kappa shape index (κ3) is 1.56. The first kappa shape index (κ1) is 9.70. The summed E-state index contributed by atoms with van der Waals surface area (Å²) in [6.45, 7) is 2.09. The van der Waals surface area contributed by atoms with Crippen molar-refractivity contribution >= 4 is 37.4 Å². The van der Waals surface area contributed by atoms with Gasteiger partial charge in [0.25, 0.3) is 0 Å². The third-order valence-corrected chi connectivity index (χ3v) is 3.84. The van der Waals surface area contributed by atoms with Crippen molar-refractivity contribution < 1.29 is 0 Å². The molecule has 3 heteroatoms. The van der Waals surface area contributed by atoms with Crippen LogP contribution in [0.15, 0.2) is 18.2 Å². The van der Waals surface area contributed by atoms with Crippen LogP contribution >= 0.6 is 27.3 Å². The lowest BCUT2D eigenvalue weighted by atomic mass is 10.1. The minimum absolute atomic E-state index is 0.741. The molecule has 0 atom stereocenters. The molecular weight excluding hydrogens is 258 g/mol. The van der Waals surface area contributed by atoms with E-state index in [2.05, 4.69) is 35.0 Å². The third-order valence-electron chi connectivity index (χ3n) is 2.09. The molecule has 0 aliphatic carbocycles. The topological polar surface area (TPSA) is 23.8 Å². The molecular formula is C11H8BrNS. The van der Waals surface area contributed by atoms with Crippen molar-refractivity contribution in [1.29, 1.82) is 5.26 Å². The maximum absolute atomic E-state index is 8.86. The van der Waals surface area contributed by atoms with E-state index in [1.54, 1.807) is 11.3 Å². The van der Waals surface area contributed by atoms with Crippen LogP contribution in [0.4, 0.5) is 0 Å². The van der Waals surface area contributed by atoms with Gasteiger partial charge in [0.15, 0.2) is 0 Å². The summed E-state index contributed by atoms with van der Waals surface area (Å²) in [5, 5.41) is 10.8. The second kappa shape index (κ2) is 3.72. The highest BCUT2D eigenvalue weighted by atomic mass is 79.9. The maximum atomic E-state index is 8.86. The van der Waals surface area contributed by atoms with E-state index in [4.69, 9.17) is 5.26 Å². The van der Waals surface area contributed by atoms with Gasteiger partial charge in [-0.25, -0.2) is 0 Å². The van der Waals surface area contributed by atoms with E-state index in [0.29, 0.717) is 0 Å². The Morgan fingerprint density at radius 2 is 2.21 bits per heavy atom. The van der Waals surface area contributed by atoms with Crippen LogP contribution in [0.2, 0.25) is 0 Å². The Balaban J connectivity index is 2.80. The van der Waals surface area contributed by atoms with E-state index in [-0.39, 0.29) is 0 Å². The first-order chi connectivity index (χ1) is 6.74. The summed E-state index contributed by atoms with van der Waals surface area (Å²) in [5.74, 6) is 0. The van der Waals surface area contributed by atoms with Crippen molar-refractivity contribution in [2.45, 2.75) is 12.3 Å². The van der Waals surface area contributed by atoms with Crippen molar-refractivity contribution in [3.05, 3.63) is 34.2 Å². The highest BCUT2D eigenvalue weighted by Gasteiger charge is 2.05. The quantitative estimate of drug-likeness (QED) is 0.716. The zero-order chi connectivity index (χ0) is 10.1. The SMILES string of the molecule is Cc1cc2cc(C#N)cc(CBr)c2s1. The minimum Gasteiger partial charge on any atom is -0.192 e. The zero-order valence-corrected chi connectivity index (χ0v) is 10.1. The smallest absolute Gasteiger partial charge is 0.0991 e. The van der Waals surface area contributed by atoms with Crippen LogP contribution in [0.1, 0.15) is 16.0 Å². The Bertz CT molecular complexity index is 522. The maximum Gasteiger partial charge on any atom is 0.0991 e. The van der Waals surface area contributed by atoms with Crippen LogP contribution in [0.3, 0.4) is 0 Å². The van der Waals surface area contributed by atoms with Gasteiger partial charge in [0.1, 0.15) is 0 Å². The molecule has 0 aliphatic heterocycles. The first-order valence-corrected chi connectivity index (χ1v) is 6.17. The van der Waals surface area contributed by atoms with E-state index in [9.17, 15) is 0 Å². The number of benzene rings is 1. The van der Waals surface area contributed by atoms with E-state index < -0.39 is 0 Å². The van der Waals surface area contributed by atoms with Gasteiger partial charge in [-0.05, 0) is 36.1 Å². The van der Waals surface area contributed by atoms with Gasteiger partial charge in [-0.1, -0.05) is 15.9 Å². The molecule has 1 aromatic carbocycles. The number of nitriles is 1. The van der Waals surface area contributed by atoms with Crippen molar-refractivity contribution in [1.82, 2.24) is 0 Å². The van der Waals surface area contributed by atoms with Crippen LogP contribution in [-0.2, 0) is 5.33 Å². The first-order valence-electron chi connectivity index (χ1n) is 4.23. The molecule has 1 heterocycles. The van der Waals surface area contributed by atoms with Crippen LogP contribution in [0.5, 0.6) is 0 Å². The summed E-state index contributed by atoms with van der Waals surface area (Å²) >= 11 is 5.23. The Kier molecular flexibility index (Phi) is 2.58. The lowest BCUT2D eigenvalue weighted by molar-refractivity contribution is 1.45. The van der Waals surface area contributed by atoms with Crippen molar-refractivity contribution in [2.24, 2.45) is 0 Å². The fourth-order valence-corrected chi connectivity index (χ4v) is 3.15. The molecule has 0 fully saturated rings. The highest BCUT2D eigenvalue weighted by molar-refractivity contribution is 9.08. The molecule has 0 N–H and O–H groups in total. The number of hydrogen-bond acceptors (Lipinski definition) is 2. The number of hydrogen-bond donors (Lipinski definition) is 0. The molecule has 14 heavy (non-hydrogen) atoms. The molecule has 2 rings (SSSR count). The molecule has 1 aromatic heterocycles. The summed E-state index contributed by atoms with van der Waals surface area (Å²) in [5.41, 5.74) is 1.95. The summed E-state index contributed by atoms with van der Waals surface area (Å²) in [6.07, 6.45) is 0. The van der Waals surface area contributed by atoms with Crippen LogP contribution in [0.25, 0.3) is 10.1 Å². The standard InChI is InChI=1S/C11H8BrNS/c1-7-2-9-3-8(6-13)4-10(5-12)11(9)14-7/h2-4H,5H2,1H3. The van der Waals surface area contributed by atoms with Crippen molar-refractivity contribution in [3.63, 3.8) is 0 Å². The number of rotatable bonds is 1. The Labute approximate surface area is 95.1 Å². The minimum atomic E-state index is 0.741. The number of fused-ring (bicyclic) bond motifs is 1. The molecule has 0 saturated carbocycles. The van der Waals surface area contributed by atoms with E-state index in [1.807, 2.05) is 12.1 Å². The molecule has 2 aromatic rings. The normalized spacial score (nSPS) is 10.4. The number of nitrogens with zero attached hydrogens (tertiary/aromatic N) is 1. The Morgan fingerprint density at radius 3 is 2.86 bits per heavy atom. The lowest BCUT2D eigenvalue weighted by Gasteiger charge is -1.98. The molecule has 0 unspecified atom stereocenters. The van der Waals surface area contributed by atoms with Crippen LogP contribution in [0, 0.1) is 18.3 Å². The summed E-state index contributed by atoms with van der Waals surface area (Å²) in [4.78, 5) is 1.29. The van der Waals surface area contributed by atoms with E-state index in [1.165, 1.54) is 20.5 Å². The van der Waals surface area contributed by atoms with Gasteiger partial charge >= 0.3 is 0 Å². The van der Waals surface area contributed by atoms with Gasteiger partial charge in [0.05, 0.1) is 11.6 Å². The molecule has 0 bridgehead atoms. The second-order valence-electron chi connectivity index (χ2n) is 3.16. The Hall–Kier alpha value is -0.850. The van der Waals surface area contributed by atoms with Gasteiger partial charge in [-0.3, -0.25) is 0 Å². The predicted octanol–water partition coefficient (Wildman–Crippen LogP) is 3.98. The van der Waals surface area contributed by atoms with E-state index >= 15 is 0 Å². The summed E-state index contributed by atoms with van der Waals surface area (Å²) in [6, 6.07) is 8.22. The van der Waals surface area contributed by atoms with Gasteiger partial charge < -0.3 is 0 Å². The molecule has 0 radical (unpaired) electrons. The molecule has 70 valence electrons.